The molecule has 43 heavy (non-hydrogen) atoms. The van der Waals surface area contributed by atoms with E-state index >= 15 is 0 Å². The number of carbonyl (C=O) groups is 4. The second-order valence-corrected chi connectivity index (χ2v) is 10.3. The number of hydrogen-bond donors (Lipinski definition) is 0. The summed E-state index contributed by atoms with van der Waals surface area (Å²) in [5.74, 6) is -3.43. The van der Waals surface area contributed by atoms with E-state index in [1.165, 1.54) is 0 Å². The molecule has 4 rings (SSSR count). The van der Waals surface area contributed by atoms with Crippen molar-refractivity contribution in [2.75, 3.05) is 0 Å². The zero-order valence-corrected chi connectivity index (χ0v) is 24.2. The number of ketones is 2. The van der Waals surface area contributed by atoms with Gasteiger partial charge in [0, 0.05) is 28.5 Å². The lowest BCUT2D eigenvalue weighted by molar-refractivity contribution is -0.157. The van der Waals surface area contributed by atoms with Gasteiger partial charge in [0.15, 0.2) is 23.8 Å². The van der Waals surface area contributed by atoms with E-state index in [1.54, 1.807) is 74.5 Å². The summed E-state index contributed by atoms with van der Waals surface area (Å²) in [7, 11) is 0. The number of Topliss-reactive ketones (excluding diaryl/α,β-unsaturated/α-hetero) is 2. The third kappa shape index (κ3) is 8.01. The molecule has 0 amide bonds. The molecule has 0 saturated heterocycles. The smallest absolute Gasteiger partial charge is 0.335 e. The molecule has 0 aliphatic heterocycles. The molecule has 0 fully saturated rings. The molecule has 6 heteroatoms. The third-order valence-electron chi connectivity index (χ3n) is 7.29. The van der Waals surface area contributed by atoms with Crippen LogP contribution in [0.5, 0.6) is 0 Å². The van der Waals surface area contributed by atoms with Crippen molar-refractivity contribution >= 4 is 23.5 Å². The second kappa shape index (κ2) is 14.7. The molecule has 4 aromatic rings. The fourth-order valence-electron chi connectivity index (χ4n) is 4.71. The summed E-state index contributed by atoms with van der Waals surface area (Å²) >= 11 is 0. The van der Waals surface area contributed by atoms with E-state index in [-0.39, 0.29) is 17.1 Å². The first-order valence-electron chi connectivity index (χ1n) is 14.1. The second-order valence-electron chi connectivity index (χ2n) is 10.3. The quantitative estimate of drug-likeness (QED) is 0.124. The zero-order chi connectivity index (χ0) is 30.8. The summed E-state index contributed by atoms with van der Waals surface area (Å²) in [6.07, 6.45) is -2.90. The van der Waals surface area contributed by atoms with Crippen molar-refractivity contribution in [3.05, 3.63) is 156 Å². The minimum atomic E-state index is -1.21. The van der Waals surface area contributed by atoms with Gasteiger partial charge in [-0.1, -0.05) is 142 Å². The molecule has 0 heterocycles. The van der Waals surface area contributed by atoms with Gasteiger partial charge in [0.2, 0.25) is 0 Å². The third-order valence-corrected chi connectivity index (χ3v) is 7.29. The molecule has 4 unspecified atom stereocenters. The normalized spacial score (nSPS) is 13.5. The van der Waals surface area contributed by atoms with Gasteiger partial charge >= 0.3 is 11.9 Å². The average molecular weight is 575 g/mol. The van der Waals surface area contributed by atoms with Gasteiger partial charge in [-0.25, -0.2) is 4.79 Å². The van der Waals surface area contributed by atoms with Gasteiger partial charge in [0.1, 0.15) is 0 Å². The van der Waals surface area contributed by atoms with Crippen LogP contribution in [0.25, 0.3) is 0 Å². The van der Waals surface area contributed by atoms with Crippen LogP contribution in [-0.2, 0) is 28.7 Å². The summed E-state index contributed by atoms with van der Waals surface area (Å²) in [6, 6.07) is 35.9. The van der Waals surface area contributed by atoms with Crippen molar-refractivity contribution in [1.29, 1.82) is 0 Å². The summed E-state index contributed by atoms with van der Waals surface area (Å²) in [5.41, 5.74) is 2.40. The Labute approximate surface area is 252 Å². The van der Waals surface area contributed by atoms with Crippen molar-refractivity contribution in [2.45, 2.75) is 44.3 Å². The van der Waals surface area contributed by atoms with E-state index in [0.29, 0.717) is 11.1 Å². The van der Waals surface area contributed by atoms with E-state index in [0.717, 1.165) is 11.1 Å². The van der Waals surface area contributed by atoms with Gasteiger partial charge in [-0.15, -0.1) is 0 Å². The molecule has 0 aliphatic rings. The fourth-order valence-corrected chi connectivity index (χ4v) is 4.71. The number of ether oxygens (including phenoxy) is 2. The predicted octanol–water partition coefficient (Wildman–Crippen LogP) is 7.25. The number of benzene rings is 4. The molecule has 0 saturated carbocycles. The standard InChI is InChI=1S/C37H34O6/c1-25(37(41)43-36(31-22-14-7-15-23-31)34(40)27(3)29-18-10-5-11-19-29)24-32(38)42-35(30-20-12-6-13-21-30)33(39)26(2)28-16-8-4-9-17-28/h4-23,26-27,35-36H,1,24H2,2-3H3. The Bertz CT molecular complexity index is 1550. The average Bonchev–Trinajstić information content (AvgIpc) is 3.06. The molecule has 0 aliphatic carbocycles. The Hall–Kier alpha value is -5.10. The molecule has 6 nitrogen and oxygen atoms in total. The number of rotatable bonds is 13. The summed E-state index contributed by atoms with van der Waals surface area (Å²) in [5, 5.41) is 0. The van der Waals surface area contributed by atoms with Crippen LogP contribution in [0.15, 0.2) is 133 Å². The van der Waals surface area contributed by atoms with Crippen LogP contribution in [0.4, 0.5) is 0 Å². The van der Waals surface area contributed by atoms with Crippen LogP contribution in [0.2, 0.25) is 0 Å². The Morgan fingerprint density at radius 3 is 1.23 bits per heavy atom. The Kier molecular flexibility index (Phi) is 10.5. The molecular weight excluding hydrogens is 540 g/mol. The molecule has 0 N–H and O–H groups in total. The maximum absolute atomic E-state index is 13.5. The Morgan fingerprint density at radius 2 is 0.860 bits per heavy atom. The predicted molar refractivity (Wildman–Crippen MR) is 164 cm³/mol. The number of hydrogen-bond acceptors (Lipinski definition) is 6. The van der Waals surface area contributed by atoms with Gasteiger partial charge in [0.25, 0.3) is 0 Å². The molecule has 0 spiro atoms. The lowest BCUT2D eigenvalue weighted by Crippen LogP contribution is -2.26. The maximum atomic E-state index is 13.5. The highest BCUT2D eigenvalue weighted by Gasteiger charge is 2.33. The Balaban J connectivity index is 1.48. The molecule has 0 radical (unpaired) electrons. The summed E-state index contributed by atoms with van der Waals surface area (Å²) < 4.78 is 11.3. The topological polar surface area (TPSA) is 86.7 Å². The number of esters is 2. The fraction of sp³-hybridized carbons (Fsp3) is 0.189. The zero-order valence-electron chi connectivity index (χ0n) is 24.2. The highest BCUT2D eigenvalue weighted by molar-refractivity contribution is 5.98. The van der Waals surface area contributed by atoms with Crippen LogP contribution in [0.1, 0.15) is 66.6 Å². The molecule has 218 valence electrons. The lowest BCUT2D eigenvalue weighted by atomic mass is 9.90. The minimum Gasteiger partial charge on any atom is -0.449 e. The van der Waals surface area contributed by atoms with Gasteiger partial charge in [-0.05, 0) is 11.1 Å². The highest BCUT2D eigenvalue weighted by Crippen LogP contribution is 2.30. The number of carbonyl (C=O) groups excluding carboxylic acids is 4. The molecular formula is C37H34O6. The van der Waals surface area contributed by atoms with Crippen LogP contribution in [-0.4, -0.2) is 23.5 Å². The van der Waals surface area contributed by atoms with E-state index < -0.39 is 42.4 Å². The van der Waals surface area contributed by atoms with Crippen molar-refractivity contribution in [3.8, 4) is 0 Å². The van der Waals surface area contributed by atoms with E-state index in [2.05, 4.69) is 6.58 Å². The Morgan fingerprint density at radius 1 is 0.535 bits per heavy atom. The van der Waals surface area contributed by atoms with Crippen molar-refractivity contribution in [1.82, 2.24) is 0 Å². The van der Waals surface area contributed by atoms with Crippen LogP contribution in [0, 0.1) is 0 Å². The first kappa shape index (κ1) is 30.8. The molecule has 4 atom stereocenters. The SMILES string of the molecule is C=C(CC(=O)OC(C(=O)C(C)c1ccccc1)c1ccccc1)C(=O)OC(C(=O)C(C)c1ccccc1)c1ccccc1. The van der Waals surface area contributed by atoms with Crippen molar-refractivity contribution in [2.24, 2.45) is 0 Å². The first-order chi connectivity index (χ1) is 20.8. The van der Waals surface area contributed by atoms with Crippen LogP contribution >= 0.6 is 0 Å². The molecule has 4 aromatic carbocycles. The van der Waals surface area contributed by atoms with Crippen LogP contribution in [0.3, 0.4) is 0 Å². The van der Waals surface area contributed by atoms with Gasteiger partial charge in [-0.2, -0.15) is 0 Å². The van der Waals surface area contributed by atoms with Crippen molar-refractivity contribution < 1.29 is 28.7 Å². The lowest BCUT2D eigenvalue weighted by Gasteiger charge is -2.22. The highest BCUT2D eigenvalue weighted by atomic mass is 16.6. The molecule has 0 bridgehead atoms. The van der Waals surface area contributed by atoms with Crippen molar-refractivity contribution in [3.63, 3.8) is 0 Å². The van der Waals surface area contributed by atoms with Gasteiger partial charge < -0.3 is 9.47 Å². The summed E-state index contributed by atoms with van der Waals surface area (Å²) in [6.45, 7) is 7.25. The monoisotopic (exact) mass is 574 g/mol. The minimum absolute atomic E-state index is 0.193. The van der Waals surface area contributed by atoms with E-state index in [4.69, 9.17) is 9.47 Å². The van der Waals surface area contributed by atoms with Gasteiger partial charge in [-0.3, -0.25) is 14.4 Å². The van der Waals surface area contributed by atoms with Crippen LogP contribution < -0.4 is 0 Å². The van der Waals surface area contributed by atoms with E-state index in [1.807, 2.05) is 60.7 Å². The van der Waals surface area contributed by atoms with Gasteiger partial charge in [0.05, 0.1) is 6.42 Å². The first-order valence-corrected chi connectivity index (χ1v) is 14.1. The maximum Gasteiger partial charge on any atom is 0.335 e. The largest absolute Gasteiger partial charge is 0.449 e. The summed E-state index contributed by atoms with van der Waals surface area (Å²) in [4.78, 5) is 53.3. The van der Waals surface area contributed by atoms with E-state index in [9.17, 15) is 19.2 Å². The molecule has 0 aromatic heterocycles.